The normalized spacial score (nSPS) is 18.0. The van der Waals surface area contributed by atoms with Gasteiger partial charge in [0.05, 0.1) is 14.2 Å². The van der Waals surface area contributed by atoms with Crippen molar-refractivity contribution in [3.63, 3.8) is 0 Å². The van der Waals surface area contributed by atoms with E-state index < -0.39 is 0 Å². The Labute approximate surface area is 161 Å². The number of rotatable bonds is 4. The first-order valence-electron chi connectivity index (χ1n) is 8.56. The Balaban J connectivity index is 0.00000208. The molecule has 0 N–H and O–H groups in total. The second kappa shape index (κ2) is 8.32. The Hall–Kier alpha value is -1.11. The minimum absolute atomic E-state index is 0. The van der Waals surface area contributed by atoms with Crippen LogP contribution in [0.15, 0.2) is 12.1 Å². The maximum atomic E-state index is 11.6. The number of hydrogen-bond acceptors (Lipinski definition) is 3. The lowest BCUT2D eigenvalue weighted by molar-refractivity contribution is -0.527. The van der Waals surface area contributed by atoms with E-state index in [2.05, 4.69) is 23.6 Å². The molecule has 0 atom stereocenters. The topological polar surface area (TPSA) is 38.5 Å². The summed E-state index contributed by atoms with van der Waals surface area (Å²) in [5.41, 5.74) is 4.02. The van der Waals surface area contributed by atoms with Crippen LogP contribution in [0, 0.1) is 5.92 Å². The first-order valence-corrected chi connectivity index (χ1v) is 8.56. The third-order valence-electron chi connectivity index (χ3n) is 5.19. The maximum absolute atomic E-state index is 11.6. The number of ketones is 1. The molecule has 5 heteroatoms. The number of fused-ring (bicyclic) bond motifs is 1. The number of nitrogens with zero attached hydrogens (tertiary/aromatic N) is 1. The molecule has 24 heavy (non-hydrogen) atoms. The summed E-state index contributed by atoms with van der Waals surface area (Å²) in [6, 6.07) is 4.25. The van der Waals surface area contributed by atoms with Crippen LogP contribution in [0.2, 0.25) is 0 Å². The van der Waals surface area contributed by atoms with Crippen LogP contribution < -0.4 is 33.5 Å². The zero-order valence-corrected chi connectivity index (χ0v) is 16.9. The third kappa shape index (κ3) is 3.60. The van der Waals surface area contributed by atoms with Crippen LogP contribution in [0.1, 0.15) is 43.7 Å². The summed E-state index contributed by atoms with van der Waals surface area (Å²) in [6.45, 7) is 4.26. The number of Topliss-reactive ketones (excluding diaryl/α,β-unsaturated/α-hetero) is 1. The summed E-state index contributed by atoms with van der Waals surface area (Å²) in [6.07, 6.45) is 4.40. The van der Waals surface area contributed by atoms with E-state index in [0.717, 1.165) is 43.9 Å². The van der Waals surface area contributed by atoms with E-state index >= 15 is 0 Å². The lowest BCUT2D eigenvalue weighted by Crippen LogP contribution is -3.00. The number of benzene rings is 1. The van der Waals surface area contributed by atoms with Crippen molar-refractivity contribution in [2.75, 3.05) is 27.3 Å². The molecule has 2 aliphatic rings. The standard InChI is InChI=1S/C19H26NO3.HI/c1-4-20-10-9-14-11-17(22-2)18(23-3)12-16(14)19(20)13-5-7-15(21)8-6-13;/h11-13H,4-10H2,1-3H3;1H/q+1;/p-1. The van der Waals surface area contributed by atoms with Gasteiger partial charge >= 0.3 is 0 Å². The van der Waals surface area contributed by atoms with Gasteiger partial charge in [0, 0.05) is 30.7 Å². The molecule has 0 aromatic heterocycles. The smallest absolute Gasteiger partial charge is 0.186 e. The number of ether oxygens (including phenoxy) is 2. The minimum atomic E-state index is 0. The average Bonchev–Trinajstić information content (AvgIpc) is 2.60. The van der Waals surface area contributed by atoms with Gasteiger partial charge in [-0.05, 0) is 37.5 Å². The molecule has 0 bridgehead atoms. The number of methoxy groups -OCH3 is 2. The van der Waals surface area contributed by atoms with Crippen molar-refractivity contribution in [1.29, 1.82) is 0 Å². The highest BCUT2D eigenvalue weighted by atomic mass is 127. The summed E-state index contributed by atoms with van der Waals surface area (Å²) in [5.74, 6) is 2.47. The zero-order valence-electron chi connectivity index (χ0n) is 14.7. The number of hydrogen-bond donors (Lipinski definition) is 0. The molecule has 3 rings (SSSR count). The second-order valence-electron chi connectivity index (χ2n) is 6.39. The lowest BCUT2D eigenvalue weighted by Gasteiger charge is -2.27. The zero-order chi connectivity index (χ0) is 16.4. The second-order valence-corrected chi connectivity index (χ2v) is 6.39. The summed E-state index contributed by atoms with van der Waals surface area (Å²) >= 11 is 0. The molecule has 132 valence electrons. The van der Waals surface area contributed by atoms with Crippen LogP contribution in [-0.2, 0) is 11.2 Å². The van der Waals surface area contributed by atoms with E-state index in [1.54, 1.807) is 14.2 Å². The van der Waals surface area contributed by atoms with Gasteiger partial charge < -0.3 is 33.5 Å². The molecular formula is C19H26INO3. The van der Waals surface area contributed by atoms with Crippen LogP contribution >= 0.6 is 0 Å². The third-order valence-corrected chi connectivity index (χ3v) is 5.19. The summed E-state index contributed by atoms with van der Waals surface area (Å²) in [7, 11) is 3.37. The Kier molecular flexibility index (Phi) is 6.66. The van der Waals surface area contributed by atoms with Gasteiger partial charge in [0.25, 0.3) is 0 Å². The van der Waals surface area contributed by atoms with Gasteiger partial charge in [0.15, 0.2) is 17.2 Å². The summed E-state index contributed by atoms with van der Waals surface area (Å²) < 4.78 is 13.5. The maximum Gasteiger partial charge on any atom is 0.186 e. The van der Waals surface area contributed by atoms with Crippen molar-refractivity contribution < 1.29 is 42.8 Å². The molecular weight excluding hydrogens is 417 g/mol. The number of carbonyl (C=O) groups is 1. The molecule has 1 saturated carbocycles. The summed E-state index contributed by atoms with van der Waals surface area (Å²) in [4.78, 5) is 11.6. The van der Waals surface area contributed by atoms with Crippen molar-refractivity contribution in [3.8, 4) is 11.5 Å². The van der Waals surface area contributed by atoms with E-state index in [4.69, 9.17) is 9.47 Å². The Bertz CT molecular complexity index is 644. The SMILES string of the molecule is CC[N+]1=C(C2CCC(=O)CC2)c2cc(OC)c(OC)cc2CC1.[I-]. The van der Waals surface area contributed by atoms with Gasteiger partial charge in [-0.15, -0.1) is 0 Å². The predicted molar refractivity (Wildman–Crippen MR) is 90.0 cm³/mol. The molecule has 0 saturated heterocycles. The number of halogens is 1. The molecule has 0 radical (unpaired) electrons. The monoisotopic (exact) mass is 443 g/mol. The van der Waals surface area contributed by atoms with Gasteiger partial charge in [-0.25, -0.2) is 4.58 Å². The number of likely N-dealkylation sites (N-methyl/N-ethyl adjacent to an activating group) is 1. The first kappa shape index (κ1) is 19.2. The van der Waals surface area contributed by atoms with E-state index in [0.29, 0.717) is 24.5 Å². The Morgan fingerprint density at radius 3 is 2.29 bits per heavy atom. The van der Waals surface area contributed by atoms with Gasteiger partial charge in [-0.3, -0.25) is 4.79 Å². The van der Waals surface area contributed by atoms with E-state index in [9.17, 15) is 4.79 Å². The quantitative estimate of drug-likeness (QED) is 0.480. The van der Waals surface area contributed by atoms with Crippen molar-refractivity contribution >= 4 is 11.5 Å². The molecule has 1 aromatic carbocycles. The largest absolute Gasteiger partial charge is 1.00 e. The Morgan fingerprint density at radius 1 is 1.08 bits per heavy atom. The van der Waals surface area contributed by atoms with Gasteiger partial charge in [0.1, 0.15) is 18.9 Å². The van der Waals surface area contributed by atoms with Gasteiger partial charge in [-0.2, -0.15) is 0 Å². The first-order chi connectivity index (χ1) is 11.2. The molecule has 1 aliphatic heterocycles. The van der Waals surface area contributed by atoms with Crippen LogP contribution in [0.4, 0.5) is 0 Å². The highest BCUT2D eigenvalue weighted by Crippen LogP contribution is 2.36. The molecule has 1 aliphatic carbocycles. The van der Waals surface area contributed by atoms with Crippen LogP contribution in [0.25, 0.3) is 0 Å². The van der Waals surface area contributed by atoms with Gasteiger partial charge in [0.2, 0.25) is 0 Å². The predicted octanol–water partition coefficient (Wildman–Crippen LogP) is -0.155. The van der Waals surface area contributed by atoms with E-state index in [-0.39, 0.29) is 24.0 Å². The number of carbonyl (C=O) groups excluding carboxylic acids is 1. The van der Waals surface area contributed by atoms with Crippen molar-refractivity contribution in [1.82, 2.24) is 0 Å². The van der Waals surface area contributed by atoms with Crippen LogP contribution in [-0.4, -0.2) is 43.4 Å². The van der Waals surface area contributed by atoms with Crippen molar-refractivity contribution in [2.45, 2.75) is 39.0 Å². The Morgan fingerprint density at radius 2 is 1.71 bits per heavy atom. The fourth-order valence-electron chi connectivity index (χ4n) is 3.93. The fourth-order valence-corrected chi connectivity index (χ4v) is 3.93. The molecule has 1 aromatic rings. The molecule has 0 spiro atoms. The molecule has 0 amide bonds. The minimum Gasteiger partial charge on any atom is -1.00 e. The highest BCUT2D eigenvalue weighted by molar-refractivity contribution is 6.02. The molecule has 0 unspecified atom stereocenters. The average molecular weight is 443 g/mol. The van der Waals surface area contributed by atoms with Gasteiger partial charge in [-0.1, -0.05) is 0 Å². The molecule has 1 heterocycles. The van der Waals surface area contributed by atoms with Crippen LogP contribution in [0.3, 0.4) is 0 Å². The highest BCUT2D eigenvalue weighted by Gasteiger charge is 2.35. The van der Waals surface area contributed by atoms with Crippen molar-refractivity contribution in [3.05, 3.63) is 23.3 Å². The summed E-state index contributed by atoms with van der Waals surface area (Å²) in [5, 5.41) is 0. The fraction of sp³-hybridized carbons (Fsp3) is 0.579. The van der Waals surface area contributed by atoms with E-state index in [1.807, 2.05) is 0 Å². The molecule has 4 nitrogen and oxygen atoms in total. The van der Waals surface area contributed by atoms with E-state index in [1.165, 1.54) is 16.8 Å². The molecule has 1 fully saturated rings. The van der Waals surface area contributed by atoms with Crippen molar-refractivity contribution in [2.24, 2.45) is 5.92 Å². The van der Waals surface area contributed by atoms with Crippen LogP contribution in [0.5, 0.6) is 11.5 Å². The lowest BCUT2D eigenvalue weighted by atomic mass is 9.79.